The van der Waals surface area contributed by atoms with E-state index < -0.39 is 11.5 Å². The van der Waals surface area contributed by atoms with Crippen LogP contribution in [0.1, 0.15) is 34.6 Å². The van der Waals surface area contributed by atoms with Gasteiger partial charge in [0.25, 0.3) is 5.56 Å². The largest absolute Gasteiger partial charge is 0.478 e. The molecule has 2 aromatic heterocycles. The molecule has 0 saturated carbocycles. The molecule has 0 radical (unpaired) electrons. The van der Waals surface area contributed by atoms with Crippen LogP contribution in [-0.2, 0) is 6.54 Å². The molecule has 28 heavy (non-hydrogen) atoms. The third-order valence-corrected chi connectivity index (χ3v) is 4.14. The molecule has 0 spiro atoms. The molecular weight excluding hydrogens is 360 g/mol. The van der Waals surface area contributed by atoms with Crippen molar-refractivity contribution in [1.82, 2.24) is 14.8 Å². The Morgan fingerprint density at radius 2 is 1.89 bits per heavy atom. The van der Waals surface area contributed by atoms with E-state index in [-0.39, 0.29) is 22.6 Å². The zero-order chi connectivity index (χ0) is 20.3. The smallest absolute Gasteiger partial charge is 0.335 e. The van der Waals surface area contributed by atoms with Crippen molar-refractivity contribution in [2.75, 3.05) is 5.32 Å². The lowest BCUT2D eigenvalue weighted by atomic mass is 10.0. The summed E-state index contributed by atoms with van der Waals surface area (Å²) in [6.07, 6.45) is 3.18. The first-order valence-electron chi connectivity index (χ1n) is 8.59. The molecular formula is C20H18N4O4. The van der Waals surface area contributed by atoms with Gasteiger partial charge in [-0.15, -0.1) is 0 Å². The van der Waals surface area contributed by atoms with E-state index in [1.807, 2.05) is 0 Å². The Labute approximate surface area is 160 Å². The lowest BCUT2D eigenvalue weighted by molar-refractivity contribution is 0.0696. The molecule has 0 aliphatic carbocycles. The van der Waals surface area contributed by atoms with E-state index in [1.54, 1.807) is 31.5 Å². The predicted molar refractivity (Wildman–Crippen MR) is 104 cm³/mol. The van der Waals surface area contributed by atoms with Crippen LogP contribution < -0.4 is 10.9 Å². The van der Waals surface area contributed by atoms with E-state index >= 15 is 0 Å². The van der Waals surface area contributed by atoms with Crippen LogP contribution in [0.25, 0.3) is 11.3 Å². The van der Waals surface area contributed by atoms with Crippen molar-refractivity contribution in [2.24, 2.45) is 0 Å². The Balaban J connectivity index is 2.19. The van der Waals surface area contributed by atoms with Crippen LogP contribution in [0.4, 0.5) is 11.4 Å². The van der Waals surface area contributed by atoms with E-state index in [0.717, 1.165) is 0 Å². The zero-order valence-corrected chi connectivity index (χ0v) is 15.3. The molecule has 8 nitrogen and oxygen atoms in total. The maximum Gasteiger partial charge on any atom is 0.335 e. The number of aryl methyl sites for hydroxylation is 1. The van der Waals surface area contributed by atoms with Gasteiger partial charge in [-0.05, 0) is 50.2 Å². The van der Waals surface area contributed by atoms with Gasteiger partial charge in [0.15, 0.2) is 5.78 Å². The fourth-order valence-electron chi connectivity index (χ4n) is 2.79. The van der Waals surface area contributed by atoms with E-state index in [4.69, 9.17) is 5.11 Å². The second-order valence-corrected chi connectivity index (χ2v) is 6.02. The number of nitrogens with one attached hydrogen (secondary N) is 1. The van der Waals surface area contributed by atoms with Gasteiger partial charge < -0.3 is 10.4 Å². The molecule has 2 N–H and O–H groups in total. The van der Waals surface area contributed by atoms with Gasteiger partial charge in [-0.1, -0.05) is 0 Å². The molecule has 0 amide bonds. The molecule has 2 heterocycles. The number of nitrogens with zero attached hydrogens (tertiary/aromatic N) is 3. The highest BCUT2D eigenvalue weighted by molar-refractivity contribution is 6.05. The van der Waals surface area contributed by atoms with E-state index in [2.05, 4.69) is 15.4 Å². The Hall–Kier alpha value is -3.81. The Kier molecular flexibility index (Phi) is 5.30. The molecule has 3 aromatic rings. The molecule has 0 saturated heterocycles. The van der Waals surface area contributed by atoms with Crippen LogP contribution in [-0.4, -0.2) is 31.6 Å². The maximum atomic E-state index is 12.9. The van der Waals surface area contributed by atoms with Crippen LogP contribution in [0, 0.1) is 0 Å². The normalized spacial score (nSPS) is 10.5. The summed E-state index contributed by atoms with van der Waals surface area (Å²) in [7, 11) is 0. The second-order valence-electron chi connectivity index (χ2n) is 6.02. The minimum Gasteiger partial charge on any atom is -0.478 e. The molecule has 8 heteroatoms. The van der Waals surface area contributed by atoms with Crippen molar-refractivity contribution in [3.8, 4) is 11.3 Å². The number of pyridine rings is 1. The number of carboxylic acids is 1. The predicted octanol–water partition coefficient (Wildman–Crippen LogP) is 2.97. The molecule has 0 aliphatic rings. The summed E-state index contributed by atoms with van der Waals surface area (Å²) in [6, 6.07) is 9.39. The molecule has 0 atom stereocenters. The summed E-state index contributed by atoms with van der Waals surface area (Å²) in [5.41, 5.74) is 1.37. The summed E-state index contributed by atoms with van der Waals surface area (Å²) in [5, 5.41) is 16.3. The van der Waals surface area contributed by atoms with Gasteiger partial charge in [0.1, 0.15) is 11.4 Å². The van der Waals surface area contributed by atoms with E-state index in [1.165, 1.54) is 35.9 Å². The number of ketones is 1. The van der Waals surface area contributed by atoms with Crippen molar-refractivity contribution < 1.29 is 14.7 Å². The highest BCUT2D eigenvalue weighted by atomic mass is 16.4. The molecule has 0 unspecified atom stereocenters. The van der Waals surface area contributed by atoms with Gasteiger partial charge in [-0.3, -0.25) is 14.6 Å². The molecule has 0 bridgehead atoms. The number of anilines is 2. The summed E-state index contributed by atoms with van der Waals surface area (Å²) < 4.78 is 1.27. The number of rotatable bonds is 6. The quantitative estimate of drug-likeness (QED) is 0.634. The first-order chi connectivity index (χ1) is 13.4. The number of aromatic nitrogens is 3. The average Bonchev–Trinajstić information content (AvgIpc) is 2.70. The minimum absolute atomic E-state index is 0.0891. The van der Waals surface area contributed by atoms with Crippen LogP contribution in [0.2, 0.25) is 0 Å². The molecule has 0 aliphatic heterocycles. The fourth-order valence-corrected chi connectivity index (χ4v) is 2.79. The number of Topliss-reactive ketones (excluding diaryl/α,β-unsaturated/α-hetero) is 1. The molecule has 1 aromatic carbocycles. The molecule has 142 valence electrons. The maximum absolute atomic E-state index is 12.9. The lowest BCUT2D eigenvalue weighted by Crippen LogP contribution is -2.28. The number of carbonyl (C=O) groups excluding carboxylic acids is 1. The van der Waals surface area contributed by atoms with Gasteiger partial charge in [-0.25, -0.2) is 9.48 Å². The summed E-state index contributed by atoms with van der Waals surface area (Å²) in [6.45, 7) is 3.46. The number of hydrogen-bond acceptors (Lipinski definition) is 6. The third kappa shape index (κ3) is 3.66. The number of carboxylic acid groups (broad SMARTS) is 1. The topological polar surface area (TPSA) is 114 Å². The first-order valence-corrected chi connectivity index (χ1v) is 8.59. The summed E-state index contributed by atoms with van der Waals surface area (Å²) >= 11 is 0. The Morgan fingerprint density at radius 3 is 2.43 bits per heavy atom. The number of aromatic carboxylic acids is 1. The number of carbonyl (C=O) groups is 2. The Morgan fingerprint density at radius 1 is 1.18 bits per heavy atom. The van der Waals surface area contributed by atoms with Gasteiger partial charge in [0, 0.05) is 30.2 Å². The first kappa shape index (κ1) is 19.0. The average molecular weight is 378 g/mol. The van der Waals surface area contributed by atoms with Crippen LogP contribution in [0.3, 0.4) is 0 Å². The SMILES string of the molecule is CCn1nc(-c2cccnc2)c(C(C)=O)c(Nc2ccc(C(=O)O)cc2)c1=O. The molecule has 3 rings (SSSR count). The van der Waals surface area contributed by atoms with Crippen molar-refractivity contribution in [3.05, 3.63) is 70.3 Å². The second kappa shape index (κ2) is 7.83. The van der Waals surface area contributed by atoms with Gasteiger partial charge in [0.2, 0.25) is 0 Å². The third-order valence-electron chi connectivity index (χ3n) is 4.14. The summed E-state index contributed by atoms with van der Waals surface area (Å²) in [4.78, 5) is 40.4. The van der Waals surface area contributed by atoms with Gasteiger partial charge in [0.05, 0.1) is 11.1 Å². The lowest BCUT2D eigenvalue weighted by Gasteiger charge is -2.16. The van der Waals surface area contributed by atoms with E-state index in [0.29, 0.717) is 23.5 Å². The minimum atomic E-state index is -1.05. The highest BCUT2D eigenvalue weighted by Crippen LogP contribution is 2.27. The van der Waals surface area contributed by atoms with E-state index in [9.17, 15) is 14.4 Å². The van der Waals surface area contributed by atoms with Crippen LogP contribution in [0.15, 0.2) is 53.6 Å². The standard InChI is InChI=1S/C20H18N4O4/c1-3-24-19(26)18(22-15-8-6-13(7-9-15)20(27)28)16(12(2)25)17(23-24)14-5-4-10-21-11-14/h4-11,22H,3H2,1-2H3,(H,27,28). The van der Waals surface area contributed by atoms with Gasteiger partial charge in [-0.2, -0.15) is 5.10 Å². The fraction of sp³-hybridized carbons (Fsp3) is 0.150. The van der Waals surface area contributed by atoms with Crippen molar-refractivity contribution in [1.29, 1.82) is 0 Å². The van der Waals surface area contributed by atoms with Crippen molar-refractivity contribution in [3.63, 3.8) is 0 Å². The Bertz CT molecular complexity index is 1090. The number of benzene rings is 1. The van der Waals surface area contributed by atoms with Crippen molar-refractivity contribution in [2.45, 2.75) is 20.4 Å². The zero-order valence-electron chi connectivity index (χ0n) is 15.3. The van der Waals surface area contributed by atoms with Crippen LogP contribution >= 0.6 is 0 Å². The monoisotopic (exact) mass is 378 g/mol. The van der Waals surface area contributed by atoms with Gasteiger partial charge >= 0.3 is 5.97 Å². The number of hydrogen-bond donors (Lipinski definition) is 2. The van der Waals surface area contributed by atoms with Crippen molar-refractivity contribution >= 4 is 23.1 Å². The molecule has 0 fully saturated rings. The highest BCUT2D eigenvalue weighted by Gasteiger charge is 2.22. The summed E-state index contributed by atoms with van der Waals surface area (Å²) in [5.74, 6) is -1.37. The van der Waals surface area contributed by atoms with Crippen LogP contribution in [0.5, 0.6) is 0 Å².